The third kappa shape index (κ3) is 23.4. The van der Waals surface area contributed by atoms with Crippen LogP contribution in [0, 0.1) is 17.8 Å². The third-order valence-corrected chi connectivity index (χ3v) is 13.0. The SMILES string of the molecule is CC[C@H](C)[C@@H]([C@@H](CC(=O)N1CCC[C@H]1[C@H](OC)[C@@H](C)C(=O)N[C@@H](Cc1ccccc1)C(=O)O)OC)N(C)C(=O)[C@@H](NC(=O)C(C)(C)NC(=O)CCOCCOCCOCCOCCOCCOCCN)C(C)C. The molecule has 21 nitrogen and oxygen atoms in total. The van der Waals surface area contributed by atoms with Crippen molar-refractivity contribution >= 4 is 35.5 Å². The summed E-state index contributed by atoms with van der Waals surface area (Å²) < 4.78 is 44.6. The van der Waals surface area contributed by atoms with Crippen LogP contribution in [0.1, 0.15) is 86.1 Å². The average Bonchev–Trinajstić information content (AvgIpc) is 3.85. The molecule has 0 spiro atoms. The van der Waals surface area contributed by atoms with Gasteiger partial charge in [0.2, 0.25) is 29.5 Å². The van der Waals surface area contributed by atoms with Gasteiger partial charge in [-0.2, -0.15) is 0 Å². The van der Waals surface area contributed by atoms with Crippen molar-refractivity contribution in [1.82, 2.24) is 25.8 Å². The highest BCUT2D eigenvalue weighted by Crippen LogP contribution is 2.30. The lowest BCUT2D eigenvalue weighted by molar-refractivity contribution is -0.148. The fourth-order valence-electron chi connectivity index (χ4n) is 8.63. The molecule has 5 amide bonds. The van der Waals surface area contributed by atoms with Crippen molar-refractivity contribution < 1.29 is 71.8 Å². The maximum Gasteiger partial charge on any atom is 0.326 e. The van der Waals surface area contributed by atoms with Crippen molar-refractivity contribution in [3.8, 4) is 0 Å². The summed E-state index contributed by atoms with van der Waals surface area (Å²) in [6, 6.07) is 5.83. The summed E-state index contributed by atoms with van der Waals surface area (Å²) in [5.41, 5.74) is 4.74. The van der Waals surface area contributed by atoms with Gasteiger partial charge in [-0.05, 0) is 44.1 Å². The number of likely N-dealkylation sites (N-methyl/N-ethyl adjacent to an activating group) is 1. The van der Waals surface area contributed by atoms with Crippen LogP contribution >= 0.6 is 0 Å². The van der Waals surface area contributed by atoms with Crippen molar-refractivity contribution in [2.75, 3.05) is 114 Å². The number of hydrogen-bond acceptors (Lipinski definition) is 15. The van der Waals surface area contributed by atoms with E-state index in [2.05, 4.69) is 16.0 Å². The minimum absolute atomic E-state index is 0.00300. The molecule has 1 aromatic rings. The molecule has 418 valence electrons. The Morgan fingerprint density at radius 3 is 1.81 bits per heavy atom. The highest BCUT2D eigenvalue weighted by Gasteiger charge is 2.44. The largest absolute Gasteiger partial charge is 0.480 e. The molecule has 1 aromatic carbocycles. The number of methoxy groups -OCH3 is 2. The van der Waals surface area contributed by atoms with Gasteiger partial charge in [-0.15, -0.1) is 0 Å². The van der Waals surface area contributed by atoms with E-state index >= 15 is 0 Å². The van der Waals surface area contributed by atoms with E-state index in [0.29, 0.717) is 98.4 Å². The standard InChI is InChI=1S/C52H90N6O15/c1-11-37(4)46(42(66-9)35-44(60)58-21-15-18-41(58)47(67-10)38(5)48(61)54-40(50(63)64)34-39-16-13-12-14-17-39)57(8)49(62)45(36(2)3)55-51(65)52(6,7)56-43(59)19-22-68-24-26-70-28-30-72-32-33-73-31-29-71-27-25-69-23-20-53/h12-14,16-17,36-38,40-42,45-47H,11,15,18-35,53H2,1-10H3,(H,54,61)(H,55,65)(H,56,59)(H,63,64)/t37-,38+,40-,41-,42+,45-,46-,47+/m0/s1. The Morgan fingerprint density at radius 1 is 0.795 bits per heavy atom. The van der Waals surface area contributed by atoms with E-state index < -0.39 is 71.5 Å². The van der Waals surface area contributed by atoms with Gasteiger partial charge in [-0.25, -0.2) is 4.79 Å². The molecule has 2 rings (SSSR count). The van der Waals surface area contributed by atoms with E-state index in [0.717, 1.165) is 5.56 Å². The Kier molecular flexibility index (Phi) is 31.8. The molecule has 1 aliphatic heterocycles. The summed E-state index contributed by atoms with van der Waals surface area (Å²) in [7, 11) is 4.62. The minimum Gasteiger partial charge on any atom is -0.480 e. The first-order chi connectivity index (χ1) is 34.8. The number of amides is 5. The number of ether oxygens (including phenoxy) is 8. The van der Waals surface area contributed by atoms with Crippen molar-refractivity contribution in [1.29, 1.82) is 0 Å². The number of benzene rings is 1. The number of aliphatic carboxylic acids is 1. The summed E-state index contributed by atoms with van der Waals surface area (Å²) >= 11 is 0. The second-order valence-corrected chi connectivity index (χ2v) is 19.3. The van der Waals surface area contributed by atoms with Crippen LogP contribution in [0.5, 0.6) is 0 Å². The van der Waals surface area contributed by atoms with E-state index in [4.69, 9.17) is 43.6 Å². The second kappa shape index (κ2) is 35.8. The predicted octanol–water partition coefficient (Wildman–Crippen LogP) is 2.20. The van der Waals surface area contributed by atoms with Gasteiger partial charge in [0.25, 0.3) is 0 Å². The van der Waals surface area contributed by atoms with Gasteiger partial charge in [-0.3, -0.25) is 24.0 Å². The van der Waals surface area contributed by atoms with Crippen LogP contribution in [0.25, 0.3) is 0 Å². The smallest absolute Gasteiger partial charge is 0.326 e. The van der Waals surface area contributed by atoms with Gasteiger partial charge in [0, 0.05) is 47.2 Å². The second-order valence-electron chi connectivity index (χ2n) is 19.3. The van der Waals surface area contributed by atoms with Gasteiger partial charge in [0.15, 0.2) is 0 Å². The van der Waals surface area contributed by atoms with Crippen LogP contribution in [0.2, 0.25) is 0 Å². The van der Waals surface area contributed by atoms with Gasteiger partial charge in [0.05, 0.1) is 116 Å². The fourth-order valence-corrected chi connectivity index (χ4v) is 8.63. The monoisotopic (exact) mass is 1040 g/mol. The normalized spacial score (nSPS) is 16.8. The van der Waals surface area contributed by atoms with Crippen LogP contribution in [-0.4, -0.2) is 206 Å². The summed E-state index contributed by atoms with van der Waals surface area (Å²) in [6.07, 6.45) is 0.413. The number of nitrogens with one attached hydrogen (secondary N) is 3. The van der Waals surface area contributed by atoms with Crippen LogP contribution in [0.3, 0.4) is 0 Å². The number of carbonyl (C=O) groups excluding carboxylic acids is 5. The molecule has 6 N–H and O–H groups in total. The molecule has 0 aromatic heterocycles. The predicted molar refractivity (Wildman–Crippen MR) is 273 cm³/mol. The number of carboxylic acid groups (broad SMARTS) is 1. The van der Waals surface area contributed by atoms with Gasteiger partial charge >= 0.3 is 5.97 Å². The van der Waals surface area contributed by atoms with Crippen molar-refractivity contribution in [3.05, 3.63) is 35.9 Å². The first-order valence-electron chi connectivity index (χ1n) is 25.8. The summed E-state index contributed by atoms with van der Waals surface area (Å²) in [5.74, 6) is -4.53. The molecule has 1 heterocycles. The quantitative estimate of drug-likeness (QED) is 0.0590. The lowest BCUT2D eigenvalue weighted by Gasteiger charge is -2.41. The number of rotatable bonds is 40. The summed E-state index contributed by atoms with van der Waals surface area (Å²) in [5, 5.41) is 18.3. The molecule has 21 heteroatoms. The highest BCUT2D eigenvalue weighted by atomic mass is 16.6. The number of nitrogens with two attached hydrogens (primary N) is 1. The average molecular weight is 1040 g/mol. The molecule has 8 atom stereocenters. The van der Waals surface area contributed by atoms with Gasteiger partial charge in [0.1, 0.15) is 17.6 Å². The van der Waals surface area contributed by atoms with Crippen molar-refractivity contribution in [3.63, 3.8) is 0 Å². The molecule has 0 aliphatic carbocycles. The molecule has 73 heavy (non-hydrogen) atoms. The van der Waals surface area contributed by atoms with E-state index in [9.17, 15) is 33.9 Å². The molecule has 0 unspecified atom stereocenters. The van der Waals surface area contributed by atoms with Crippen molar-refractivity contribution in [2.45, 2.75) is 129 Å². The Bertz CT molecular complexity index is 1760. The molecule has 0 saturated carbocycles. The number of likely N-dealkylation sites (tertiary alicyclic amines) is 1. The molecular formula is C52H90N6O15. The lowest BCUT2D eigenvalue weighted by atomic mass is 9.89. The Hall–Kier alpha value is -4.32. The third-order valence-electron chi connectivity index (χ3n) is 13.0. The topological polar surface area (TPSA) is 265 Å². The zero-order valence-corrected chi connectivity index (χ0v) is 45.4. The van der Waals surface area contributed by atoms with Crippen molar-refractivity contribution in [2.24, 2.45) is 23.5 Å². The Morgan fingerprint density at radius 2 is 1.33 bits per heavy atom. The van der Waals surface area contributed by atoms with E-state index in [-0.39, 0.29) is 56.1 Å². The molecule has 0 bridgehead atoms. The maximum absolute atomic E-state index is 14.5. The maximum atomic E-state index is 14.5. The van der Waals surface area contributed by atoms with Crippen LogP contribution in [0.4, 0.5) is 0 Å². The molecule has 1 fully saturated rings. The molecule has 0 radical (unpaired) electrons. The zero-order valence-electron chi connectivity index (χ0n) is 45.4. The zero-order chi connectivity index (χ0) is 54.3. The molecule has 1 aliphatic rings. The van der Waals surface area contributed by atoms with E-state index in [1.54, 1.807) is 61.9 Å². The summed E-state index contributed by atoms with van der Waals surface area (Å²) in [6.45, 7) is 18.0. The Labute approximate surface area is 433 Å². The highest BCUT2D eigenvalue weighted by molar-refractivity contribution is 5.94. The Balaban J connectivity index is 1.92. The number of carbonyl (C=O) groups is 6. The molecular weight excluding hydrogens is 949 g/mol. The number of nitrogens with zero attached hydrogens (tertiary/aromatic N) is 2. The lowest BCUT2D eigenvalue weighted by Crippen LogP contribution is -2.62. The van der Waals surface area contributed by atoms with E-state index in [1.807, 2.05) is 33.8 Å². The number of hydrogen-bond donors (Lipinski definition) is 5. The van der Waals surface area contributed by atoms with E-state index in [1.165, 1.54) is 14.2 Å². The first kappa shape index (κ1) is 64.8. The fraction of sp³-hybridized carbons (Fsp3) is 0.769. The van der Waals surface area contributed by atoms with Crippen LogP contribution in [-0.2, 0) is 73.1 Å². The van der Waals surface area contributed by atoms with Gasteiger partial charge < -0.3 is 74.5 Å². The molecule has 1 saturated heterocycles. The summed E-state index contributed by atoms with van der Waals surface area (Å²) in [4.78, 5) is 84.5. The number of carboxylic acids is 1. The minimum atomic E-state index is -1.38. The van der Waals surface area contributed by atoms with Crippen LogP contribution < -0.4 is 21.7 Å². The van der Waals surface area contributed by atoms with Gasteiger partial charge in [-0.1, -0.05) is 71.4 Å². The van der Waals surface area contributed by atoms with Crippen LogP contribution in [0.15, 0.2) is 30.3 Å². The first-order valence-corrected chi connectivity index (χ1v) is 25.8.